The molecular weight excluding hydrogens is 250 g/mol. The Morgan fingerprint density at radius 1 is 1.47 bits per heavy atom. The molecule has 0 unspecified atom stereocenters. The highest BCUT2D eigenvalue weighted by Crippen LogP contribution is 2.19. The summed E-state index contributed by atoms with van der Waals surface area (Å²) in [5.74, 6) is -1.75. The molecule has 108 valence electrons. The third-order valence-corrected chi connectivity index (χ3v) is 3.17. The van der Waals surface area contributed by atoms with Crippen LogP contribution >= 0.6 is 0 Å². The molecule has 0 aromatic carbocycles. The molecule has 19 heavy (non-hydrogen) atoms. The molecule has 1 aliphatic heterocycles. The van der Waals surface area contributed by atoms with Crippen molar-refractivity contribution in [1.29, 1.82) is 0 Å². The normalized spacial score (nSPS) is 20.1. The second-order valence-electron chi connectivity index (χ2n) is 4.70. The Labute approximate surface area is 112 Å². The molecule has 4 N–H and O–H groups in total. The van der Waals surface area contributed by atoms with E-state index in [-0.39, 0.29) is 5.91 Å². The van der Waals surface area contributed by atoms with E-state index < -0.39 is 30.5 Å². The van der Waals surface area contributed by atoms with Gasteiger partial charge in [-0.3, -0.25) is 14.4 Å². The maximum absolute atomic E-state index is 12.1. The first-order valence-electron chi connectivity index (χ1n) is 6.53. The number of nitrogens with two attached hydrogens (primary N) is 1. The number of carboxylic acid groups (broad SMARTS) is 1. The minimum atomic E-state index is -1.10. The number of nitrogens with zero attached hydrogens (tertiary/aromatic N) is 1. The standard InChI is InChI=1S/C12H21N3O4/c1-2-4-8(13)12(19)15-6-3-5-9(15)11(18)14-7-10(16)17/h8-9H,2-7,13H2,1H3,(H,14,18)(H,16,17)/t8-,9-/m0/s1. The fraction of sp³-hybridized carbons (Fsp3) is 0.750. The van der Waals surface area contributed by atoms with Gasteiger partial charge in [0.05, 0.1) is 6.04 Å². The lowest BCUT2D eigenvalue weighted by molar-refractivity contribution is -0.141. The van der Waals surface area contributed by atoms with E-state index in [1.54, 1.807) is 0 Å². The SMILES string of the molecule is CCC[C@H](N)C(=O)N1CCC[C@H]1C(=O)NCC(=O)O. The summed E-state index contributed by atoms with van der Waals surface area (Å²) in [5, 5.41) is 10.8. The monoisotopic (exact) mass is 271 g/mol. The van der Waals surface area contributed by atoms with Crippen LogP contribution in [0.1, 0.15) is 32.6 Å². The molecule has 0 aromatic rings. The third kappa shape index (κ3) is 4.20. The van der Waals surface area contributed by atoms with Crippen LogP contribution in [0.3, 0.4) is 0 Å². The number of rotatable bonds is 6. The predicted octanol–water partition coefficient (Wildman–Crippen LogP) is -0.694. The molecule has 0 spiro atoms. The van der Waals surface area contributed by atoms with Gasteiger partial charge in [-0.25, -0.2) is 0 Å². The Hall–Kier alpha value is -1.63. The summed E-state index contributed by atoms with van der Waals surface area (Å²) in [4.78, 5) is 35.8. The molecule has 1 aliphatic rings. The molecule has 1 heterocycles. The van der Waals surface area contributed by atoms with Crippen LogP contribution in [0.25, 0.3) is 0 Å². The summed E-state index contributed by atoms with van der Waals surface area (Å²) in [5.41, 5.74) is 5.78. The first kappa shape index (κ1) is 15.4. The minimum absolute atomic E-state index is 0.227. The van der Waals surface area contributed by atoms with Crippen LogP contribution in [0.5, 0.6) is 0 Å². The van der Waals surface area contributed by atoms with Gasteiger partial charge in [-0.15, -0.1) is 0 Å². The molecule has 1 fully saturated rings. The number of amides is 2. The minimum Gasteiger partial charge on any atom is -0.480 e. The molecule has 0 bridgehead atoms. The van der Waals surface area contributed by atoms with Crippen molar-refractivity contribution in [3.63, 3.8) is 0 Å². The van der Waals surface area contributed by atoms with E-state index >= 15 is 0 Å². The van der Waals surface area contributed by atoms with E-state index in [1.807, 2.05) is 6.92 Å². The average molecular weight is 271 g/mol. The van der Waals surface area contributed by atoms with Crippen molar-refractivity contribution in [3.8, 4) is 0 Å². The van der Waals surface area contributed by atoms with Crippen LogP contribution in [0.4, 0.5) is 0 Å². The molecular formula is C12H21N3O4. The first-order valence-corrected chi connectivity index (χ1v) is 6.53. The van der Waals surface area contributed by atoms with Crippen LogP contribution in [0.15, 0.2) is 0 Å². The third-order valence-electron chi connectivity index (χ3n) is 3.17. The van der Waals surface area contributed by atoms with Gasteiger partial charge >= 0.3 is 5.97 Å². The summed E-state index contributed by atoms with van der Waals surface area (Å²) in [6.07, 6.45) is 2.67. The van der Waals surface area contributed by atoms with Crippen molar-refractivity contribution < 1.29 is 19.5 Å². The Kier molecular flexibility index (Phi) is 5.75. The van der Waals surface area contributed by atoms with Crippen molar-refractivity contribution in [2.45, 2.75) is 44.7 Å². The number of hydrogen-bond acceptors (Lipinski definition) is 4. The summed E-state index contributed by atoms with van der Waals surface area (Å²) < 4.78 is 0. The van der Waals surface area contributed by atoms with Gasteiger partial charge in [-0.1, -0.05) is 13.3 Å². The van der Waals surface area contributed by atoms with Gasteiger partial charge in [0.1, 0.15) is 12.6 Å². The van der Waals surface area contributed by atoms with Gasteiger partial charge in [0, 0.05) is 6.54 Å². The number of likely N-dealkylation sites (tertiary alicyclic amines) is 1. The summed E-state index contributed by atoms with van der Waals surface area (Å²) in [7, 11) is 0. The highest BCUT2D eigenvalue weighted by atomic mass is 16.4. The van der Waals surface area contributed by atoms with E-state index in [0.29, 0.717) is 19.4 Å². The van der Waals surface area contributed by atoms with Crippen molar-refractivity contribution in [1.82, 2.24) is 10.2 Å². The summed E-state index contributed by atoms with van der Waals surface area (Å²) in [6, 6.07) is -1.17. The molecule has 1 saturated heterocycles. The maximum Gasteiger partial charge on any atom is 0.322 e. The number of carbonyl (C=O) groups is 3. The number of carbonyl (C=O) groups excluding carboxylic acids is 2. The zero-order chi connectivity index (χ0) is 14.4. The fourth-order valence-electron chi connectivity index (χ4n) is 2.23. The molecule has 7 nitrogen and oxygen atoms in total. The molecule has 0 aliphatic carbocycles. The van der Waals surface area contributed by atoms with Gasteiger partial charge in [0.2, 0.25) is 11.8 Å². The van der Waals surface area contributed by atoms with E-state index in [4.69, 9.17) is 10.8 Å². The van der Waals surface area contributed by atoms with E-state index in [0.717, 1.165) is 12.8 Å². The summed E-state index contributed by atoms with van der Waals surface area (Å²) in [6.45, 7) is 2.01. The van der Waals surface area contributed by atoms with Gasteiger partial charge < -0.3 is 21.1 Å². The molecule has 0 aromatic heterocycles. The van der Waals surface area contributed by atoms with E-state index in [9.17, 15) is 14.4 Å². The van der Waals surface area contributed by atoms with Crippen molar-refractivity contribution in [2.75, 3.05) is 13.1 Å². The molecule has 0 radical (unpaired) electrons. The number of hydrogen-bond donors (Lipinski definition) is 3. The Morgan fingerprint density at radius 2 is 2.16 bits per heavy atom. The zero-order valence-corrected chi connectivity index (χ0v) is 11.1. The lowest BCUT2D eigenvalue weighted by Crippen LogP contribution is -2.51. The van der Waals surface area contributed by atoms with E-state index in [2.05, 4.69) is 5.32 Å². The second kappa shape index (κ2) is 7.08. The van der Waals surface area contributed by atoms with Gasteiger partial charge in [0.15, 0.2) is 0 Å². The van der Waals surface area contributed by atoms with Crippen LogP contribution in [-0.4, -0.2) is 53.0 Å². The highest BCUT2D eigenvalue weighted by molar-refractivity contribution is 5.91. The second-order valence-corrected chi connectivity index (χ2v) is 4.70. The lowest BCUT2D eigenvalue weighted by atomic mass is 10.1. The molecule has 2 atom stereocenters. The number of aliphatic carboxylic acids is 1. The predicted molar refractivity (Wildman–Crippen MR) is 68.3 cm³/mol. The van der Waals surface area contributed by atoms with Gasteiger partial charge in [0.25, 0.3) is 0 Å². The van der Waals surface area contributed by atoms with Crippen molar-refractivity contribution in [3.05, 3.63) is 0 Å². The fourth-order valence-corrected chi connectivity index (χ4v) is 2.23. The molecule has 2 amide bonds. The average Bonchev–Trinajstić information content (AvgIpc) is 2.84. The Balaban J connectivity index is 2.60. The molecule has 1 rings (SSSR count). The smallest absolute Gasteiger partial charge is 0.322 e. The zero-order valence-electron chi connectivity index (χ0n) is 11.1. The van der Waals surface area contributed by atoms with Gasteiger partial charge in [-0.05, 0) is 19.3 Å². The van der Waals surface area contributed by atoms with Crippen LogP contribution < -0.4 is 11.1 Å². The highest BCUT2D eigenvalue weighted by Gasteiger charge is 2.35. The molecule has 0 saturated carbocycles. The van der Waals surface area contributed by atoms with E-state index in [1.165, 1.54) is 4.90 Å². The number of carboxylic acids is 1. The first-order chi connectivity index (χ1) is 8.97. The Morgan fingerprint density at radius 3 is 2.74 bits per heavy atom. The quantitative estimate of drug-likeness (QED) is 0.591. The largest absolute Gasteiger partial charge is 0.480 e. The number of nitrogens with one attached hydrogen (secondary N) is 1. The van der Waals surface area contributed by atoms with Gasteiger partial charge in [-0.2, -0.15) is 0 Å². The van der Waals surface area contributed by atoms with Crippen LogP contribution in [0, 0.1) is 0 Å². The maximum atomic E-state index is 12.1. The van der Waals surface area contributed by atoms with Crippen LogP contribution in [0.2, 0.25) is 0 Å². The Bertz CT molecular complexity index is 359. The van der Waals surface area contributed by atoms with Crippen molar-refractivity contribution in [2.24, 2.45) is 5.73 Å². The molecule has 7 heteroatoms. The lowest BCUT2D eigenvalue weighted by Gasteiger charge is -2.26. The topological polar surface area (TPSA) is 113 Å². The van der Waals surface area contributed by atoms with Crippen LogP contribution in [-0.2, 0) is 14.4 Å². The summed E-state index contributed by atoms with van der Waals surface area (Å²) >= 11 is 0. The van der Waals surface area contributed by atoms with Crippen molar-refractivity contribution >= 4 is 17.8 Å².